The van der Waals surface area contributed by atoms with E-state index in [1.807, 2.05) is 6.92 Å². The molecule has 0 aliphatic heterocycles. The lowest BCUT2D eigenvalue weighted by atomic mass is 9.99. The van der Waals surface area contributed by atoms with Gasteiger partial charge in [-0.25, -0.2) is 17.2 Å². The first-order valence-electron chi connectivity index (χ1n) is 9.81. The number of carbonyl (C=O) groups is 1. The minimum Gasteiger partial charge on any atom is -0.274 e. The summed E-state index contributed by atoms with van der Waals surface area (Å²) in [4.78, 5) is 14.6. The Hall–Kier alpha value is -2.03. The standard InChI is InChI=1S/C21H23ClF2N2O3S/c1-2-13-8-14(10-16(23)9-13)15-11-18(20(24)19(22)12-15)21(27)25-26-30(28,29)17-6-4-3-5-7-17/h8-12,17,26H,2-7H2,1H3,(H,25,27). The van der Waals surface area contributed by atoms with E-state index >= 15 is 0 Å². The molecule has 30 heavy (non-hydrogen) atoms. The number of halogens is 3. The van der Waals surface area contributed by atoms with Gasteiger partial charge >= 0.3 is 0 Å². The molecule has 0 saturated heterocycles. The molecule has 1 aliphatic rings. The molecule has 2 aromatic rings. The van der Waals surface area contributed by atoms with Gasteiger partial charge in [-0.1, -0.05) is 43.9 Å². The summed E-state index contributed by atoms with van der Waals surface area (Å²) in [6, 6.07) is 6.90. The van der Waals surface area contributed by atoms with Crippen LogP contribution in [-0.4, -0.2) is 19.6 Å². The van der Waals surface area contributed by atoms with Crippen molar-refractivity contribution in [3.05, 3.63) is 58.1 Å². The van der Waals surface area contributed by atoms with Crippen LogP contribution in [0, 0.1) is 11.6 Å². The maximum absolute atomic E-state index is 14.5. The second kappa shape index (κ2) is 9.41. The average Bonchev–Trinajstić information content (AvgIpc) is 2.74. The van der Waals surface area contributed by atoms with Crippen molar-refractivity contribution >= 4 is 27.5 Å². The van der Waals surface area contributed by atoms with Crippen LogP contribution in [0.5, 0.6) is 0 Å². The van der Waals surface area contributed by atoms with Crippen molar-refractivity contribution in [2.24, 2.45) is 0 Å². The number of aryl methyl sites for hydroxylation is 1. The van der Waals surface area contributed by atoms with Crippen LogP contribution in [0.2, 0.25) is 5.02 Å². The highest BCUT2D eigenvalue weighted by Crippen LogP contribution is 2.29. The molecule has 9 heteroatoms. The lowest BCUT2D eigenvalue weighted by Gasteiger charge is -2.22. The largest absolute Gasteiger partial charge is 0.274 e. The van der Waals surface area contributed by atoms with Gasteiger partial charge in [0.25, 0.3) is 5.91 Å². The summed E-state index contributed by atoms with van der Waals surface area (Å²) in [5.41, 5.74) is 3.14. The smallest absolute Gasteiger partial charge is 0.269 e. The van der Waals surface area contributed by atoms with Gasteiger partial charge < -0.3 is 0 Å². The third kappa shape index (κ3) is 5.17. The number of nitrogens with one attached hydrogen (secondary N) is 2. The lowest BCUT2D eigenvalue weighted by molar-refractivity contribution is 0.0941. The molecular formula is C21H23ClF2N2O3S. The van der Waals surface area contributed by atoms with Gasteiger partial charge in [0.15, 0.2) is 5.82 Å². The molecule has 5 nitrogen and oxygen atoms in total. The van der Waals surface area contributed by atoms with Crippen LogP contribution in [0.1, 0.15) is 54.9 Å². The van der Waals surface area contributed by atoms with E-state index in [2.05, 4.69) is 10.3 Å². The number of carbonyl (C=O) groups excluding carboxylic acids is 1. The fourth-order valence-corrected chi connectivity index (χ4v) is 5.16. The molecule has 162 valence electrons. The zero-order valence-electron chi connectivity index (χ0n) is 16.5. The van der Waals surface area contributed by atoms with Crippen molar-refractivity contribution in [1.82, 2.24) is 10.3 Å². The van der Waals surface area contributed by atoms with Gasteiger partial charge in [0, 0.05) is 0 Å². The minimum atomic E-state index is -3.77. The molecule has 1 amide bonds. The second-order valence-corrected chi connectivity index (χ2v) is 9.75. The van der Waals surface area contributed by atoms with Crippen molar-refractivity contribution < 1.29 is 22.0 Å². The van der Waals surface area contributed by atoms with Gasteiger partial charge in [-0.2, -0.15) is 0 Å². The summed E-state index contributed by atoms with van der Waals surface area (Å²) in [6.07, 6.45) is 4.21. The Morgan fingerprint density at radius 2 is 1.73 bits per heavy atom. The van der Waals surface area contributed by atoms with Gasteiger partial charge in [-0.05, 0) is 60.2 Å². The van der Waals surface area contributed by atoms with Crippen LogP contribution < -0.4 is 10.3 Å². The summed E-state index contributed by atoms with van der Waals surface area (Å²) in [6.45, 7) is 1.87. The number of hydrazine groups is 1. The van der Waals surface area contributed by atoms with Crippen LogP contribution in [0.3, 0.4) is 0 Å². The predicted octanol–water partition coefficient (Wildman–Crippen LogP) is 4.74. The monoisotopic (exact) mass is 456 g/mol. The third-order valence-electron chi connectivity index (χ3n) is 5.27. The maximum Gasteiger partial charge on any atom is 0.269 e. The van der Waals surface area contributed by atoms with Crippen molar-refractivity contribution in [3.63, 3.8) is 0 Å². The van der Waals surface area contributed by atoms with E-state index in [1.54, 1.807) is 6.07 Å². The summed E-state index contributed by atoms with van der Waals surface area (Å²) >= 11 is 5.95. The number of amides is 1. The van der Waals surface area contributed by atoms with E-state index in [-0.39, 0.29) is 5.02 Å². The average molecular weight is 457 g/mol. The Labute approximate surface area is 179 Å². The van der Waals surface area contributed by atoms with Gasteiger partial charge in [0.2, 0.25) is 10.0 Å². The molecule has 1 fully saturated rings. The van der Waals surface area contributed by atoms with E-state index in [0.29, 0.717) is 30.4 Å². The Morgan fingerprint density at radius 1 is 1.07 bits per heavy atom. The molecule has 0 atom stereocenters. The van der Waals surface area contributed by atoms with Crippen LogP contribution in [0.25, 0.3) is 11.1 Å². The molecule has 1 aliphatic carbocycles. The maximum atomic E-state index is 14.5. The molecule has 1 saturated carbocycles. The molecule has 0 spiro atoms. The predicted molar refractivity (Wildman–Crippen MR) is 113 cm³/mol. The molecule has 0 radical (unpaired) electrons. The van der Waals surface area contributed by atoms with Crippen LogP contribution >= 0.6 is 11.6 Å². The summed E-state index contributed by atoms with van der Waals surface area (Å²) in [7, 11) is -3.77. The van der Waals surface area contributed by atoms with Gasteiger partial charge in [0.1, 0.15) is 5.82 Å². The van der Waals surface area contributed by atoms with Crippen molar-refractivity contribution in [1.29, 1.82) is 0 Å². The fourth-order valence-electron chi connectivity index (χ4n) is 3.59. The Balaban J connectivity index is 1.85. The quantitative estimate of drug-likeness (QED) is 0.616. The number of sulfonamides is 1. The Bertz CT molecular complexity index is 1050. The van der Waals surface area contributed by atoms with Gasteiger partial charge in [-0.3, -0.25) is 10.2 Å². The summed E-state index contributed by atoms with van der Waals surface area (Å²) in [5.74, 6) is -2.43. The fraction of sp³-hybridized carbons (Fsp3) is 0.381. The van der Waals surface area contributed by atoms with Gasteiger partial charge in [0.05, 0.1) is 15.8 Å². The van der Waals surface area contributed by atoms with E-state index in [9.17, 15) is 22.0 Å². The van der Waals surface area contributed by atoms with Crippen LogP contribution in [-0.2, 0) is 16.4 Å². The summed E-state index contributed by atoms with van der Waals surface area (Å²) < 4.78 is 53.2. The highest BCUT2D eigenvalue weighted by Gasteiger charge is 2.28. The first-order chi connectivity index (χ1) is 14.2. The molecule has 2 N–H and O–H groups in total. The number of hydrogen-bond acceptors (Lipinski definition) is 3. The SMILES string of the molecule is CCc1cc(F)cc(-c2cc(Cl)c(F)c(C(=O)NNS(=O)(=O)C3CCCCC3)c2)c1. The van der Waals surface area contributed by atoms with Crippen molar-refractivity contribution in [2.75, 3.05) is 0 Å². The first-order valence-corrected chi connectivity index (χ1v) is 11.7. The molecule has 0 unspecified atom stereocenters. The number of benzene rings is 2. The number of hydrogen-bond donors (Lipinski definition) is 2. The van der Waals surface area contributed by atoms with E-state index in [0.717, 1.165) is 24.8 Å². The summed E-state index contributed by atoms with van der Waals surface area (Å²) in [5, 5.41) is -0.916. The minimum absolute atomic E-state index is 0.324. The highest BCUT2D eigenvalue weighted by molar-refractivity contribution is 7.90. The molecule has 3 rings (SSSR count). The lowest BCUT2D eigenvalue weighted by Crippen LogP contribution is -2.46. The van der Waals surface area contributed by atoms with E-state index in [4.69, 9.17) is 11.6 Å². The zero-order chi connectivity index (χ0) is 21.9. The highest BCUT2D eigenvalue weighted by atomic mass is 35.5. The van der Waals surface area contributed by atoms with Crippen LogP contribution in [0.15, 0.2) is 30.3 Å². The Kier molecular flexibility index (Phi) is 7.10. The molecule has 0 heterocycles. The van der Waals surface area contributed by atoms with Crippen molar-refractivity contribution in [3.8, 4) is 11.1 Å². The molecule has 0 aromatic heterocycles. The zero-order valence-corrected chi connectivity index (χ0v) is 18.0. The first kappa shape index (κ1) is 22.7. The molecule has 0 bridgehead atoms. The molecule has 2 aromatic carbocycles. The Morgan fingerprint density at radius 3 is 2.40 bits per heavy atom. The van der Waals surface area contributed by atoms with E-state index < -0.39 is 38.4 Å². The van der Waals surface area contributed by atoms with Crippen LogP contribution in [0.4, 0.5) is 8.78 Å². The van der Waals surface area contributed by atoms with Crippen molar-refractivity contribution in [2.45, 2.75) is 50.7 Å². The van der Waals surface area contributed by atoms with Gasteiger partial charge in [-0.15, -0.1) is 4.83 Å². The topological polar surface area (TPSA) is 75.3 Å². The van der Waals surface area contributed by atoms with E-state index in [1.165, 1.54) is 24.3 Å². The second-order valence-electron chi connectivity index (χ2n) is 7.38. The molecular weight excluding hydrogens is 434 g/mol. The normalized spacial score (nSPS) is 15.2. The number of rotatable bonds is 6. The third-order valence-corrected chi connectivity index (χ3v) is 7.28.